The molecular weight excluding hydrogens is 999 g/mol. The van der Waals surface area contributed by atoms with E-state index in [1.165, 1.54) is 66.8 Å². The van der Waals surface area contributed by atoms with E-state index < -0.39 is 53.8 Å². The van der Waals surface area contributed by atoms with Gasteiger partial charge < -0.3 is 0 Å². The zero-order valence-electron chi connectivity index (χ0n) is 45.7. The van der Waals surface area contributed by atoms with Crippen LogP contribution in [0.25, 0.3) is 34.4 Å². The molecule has 0 nitrogen and oxygen atoms in total. The standard InChI is InChI=1S/2C28H41Si2.C2H7Si.2ClH.Zr/c2*1-11-12-20-15-21-13-14-26(28(2,3)4)27(25(21)16-20)22-17-23(29(5,6)7)19-24(18-22)30(8,9)10;1-3-2;;;/h2*13-19H,11-12H2,1-10H3;3H,1-2H3;2*1H;/q;;;;;+2/p-2. The molecule has 2 aliphatic carbocycles. The first-order chi connectivity index (χ1) is 30.0. The van der Waals surface area contributed by atoms with Gasteiger partial charge in [-0.2, -0.15) is 0 Å². The molecule has 2 aliphatic rings. The summed E-state index contributed by atoms with van der Waals surface area (Å²) < 4.78 is 0.132. The molecule has 0 heterocycles. The van der Waals surface area contributed by atoms with E-state index in [9.17, 15) is 17.0 Å². The molecule has 4 aromatic carbocycles. The van der Waals surface area contributed by atoms with Crippen molar-refractivity contribution in [2.45, 2.75) is 191 Å². The third-order valence-corrected chi connectivity index (χ3v) is 75.3. The first-order valence-electron chi connectivity index (χ1n) is 25.6. The van der Waals surface area contributed by atoms with E-state index in [0.29, 0.717) is 0 Å². The van der Waals surface area contributed by atoms with Gasteiger partial charge in [0.1, 0.15) is 0 Å². The van der Waals surface area contributed by atoms with Gasteiger partial charge in [-0.1, -0.05) is 0 Å². The molecule has 0 bridgehead atoms. The summed E-state index contributed by atoms with van der Waals surface area (Å²) in [5.41, 5.74) is 17.1. The van der Waals surface area contributed by atoms with Gasteiger partial charge in [0.15, 0.2) is 0 Å². The van der Waals surface area contributed by atoms with E-state index in [1.54, 1.807) is 20.7 Å². The molecule has 4 aromatic rings. The number of halogens is 2. The Morgan fingerprint density at radius 2 is 0.773 bits per heavy atom. The second-order valence-electron chi connectivity index (χ2n) is 27.3. The fourth-order valence-electron chi connectivity index (χ4n) is 11.3. The van der Waals surface area contributed by atoms with Crippen LogP contribution in [0.2, 0.25) is 91.7 Å². The van der Waals surface area contributed by atoms with E-state index in [1.807, 2.05) is 0 Å². The van der Waals surface area contributed by atoms with Crippen LogP contribution in [0.3, 0.4) is 0 Å². The predicted octanol–water partition coefficient (Wildman–Crippen LogP) is 17.0. The maximum atomic E-state index is 9.23. The van der Waals surface area contributed by atoms with Crippen LogP contribution in [-0.4, -0.2) is 38.2 Å². The van der Waals surface area contributed by atoms with Gasteiger partial charge in [-0.05, 0) is 0 Å². The Hall–Kier alpha value is -1.09. The summed E-state index contributed by atoms with van der Waals surface area (Å²) in [6.07, 6.45) is 9.48. The van der Waals surface area contributed by atoms with Crippen molar-refractivity contribution in [3.8, 4) is 22.3 Å². The number of hydrogen-bond donors (Lipinski definition) is 0. The summed E-state index contributed by atoms with van der Waals surface area (Å²) in [5, 5.41) is 6.24. The Bertz CT molecular complexity index is 2350. The average molecular weight is 1090 g/mol. The fraction of sp³-hybridized carbons (Fsp3) is 0.517. The summed E-state index contributed by atoms with van der Waals surface area (Å²) in [5.74, 6) is -1.78. The van der Waals surface area contributed by atoms with Crippen molar-refractivity contribution in [1.82, 2.24) is 0 Å². The predicted molar refractivity (Wildman–Crippen MR) is 315 cm³/mol. The summed E-state index contributed by atoms with van der Waals surface area (Å²) in [4.78, 5) is 0. The van der Waals surface area contributed by atoms with Crippen molar-refractivity contribution < 1.29 is 15.6 Å². The van der Waals surface area contributed by atoms with Crippen molar-refractivity contribution in [2.75, 3.05) is 0 Å². The zero-order valence-corrected chi connectivity index (χ0v) is 54.9. The van der Waals surface area contributed by atoms with Crippen molar-refractivity contribution >= 4 is 88.1 Å². The van der Waals surface area contributed by atoms with Crippen LogP contribution in [0.1, 0.15) is 122 Å². The van der Waals surface area contributed by atoms with Crippen LogP contribution in [-0.2, 0) is 26.4 Å². The molecule has 0 spiro atoms. The van der Waals surface area contributed by atoms with Gasteiger partial charge in [-0.25, -0.2) is 0 Å². The molecule has 66 heavy (non-hydrogen) atoms. The molecule has 2 atom stereocenters. The SMILES string of the molecule is CCCC1=Cc2c(ccc(C(C)(C)C)c2-c2cc([Si](C)(C)C)cc([Si](C)(C)C)c2)[CH]1[Zr]([Cl])([Cl])([CH]1C(CCC)=Cc2c1ccc(C(C)(C)C)c2-c1cc([Si](C)(C)C)cc([Si](C)(C)C)c1)[SiH](C)C. The molecule has 8 heteroatoms. The second kappa shape index (κ2) is 18.2. The van der Waals surface area contributed by atoms with Crippen molar-refractivity contribution in [1.29, 1.82) is 0 Å². The van der Waals surface area contributed by atoms with Crippen LogP contribution in [0.5, 0.6) is 0 Å². The molecule has 0 aromatic heterocycles. The van der Waals surface area contributed by atoms with Gasteiger partial charge >= 0.3 is 422 Å². The van der Waals surface area contributed by atoms with Crippen LogP contribution in [0.4, 0.5) is 0 Å². The number of benzene rings is 4. The van der Waals surface area contributed by atoms with E-state index in [4.69, 9.17) is 0 Å². The van der Waals surface area contributed by atoms with E-state index in [2.05, 4.69) is 220 Å². The summed E-state index contributed by atoms with van der Waals surface area (Å²) in [6.45, 7) is 54.4. The van der Waals surface area contributed by atoms with Crippen LogP contribution >= 0.6 is 17.0 Å². The van der Waals surface area contributed by atoms with Gasteiger partial charge in [-0.15, -0.1) is 0 Å². The zero-order chi connectivity index (χ0) is 49.7. The quantitative estimate of drug-likeness (QED) is 0.117. The number of fused-ring (bicyclic) bond motifs is 2. The minimum absolute atomic E-state index is 0.0484. The molecule has 0 saturated carbocycles. The molecule has 0 amide bonds. The molecule has 6 rings (SSSR count). The topological polar surface area (TPSA) is 0 Å². The second-order valence-corrected chi connectivity index (χ2v) is 90.1. The third kappa shape index (κ3) is 10.0. The van der Waals surface area contributed by atoms with Crippen molar-refractivity contribution in [3.05, 3.63) is 105 Å². The number of hydrogen-bond acceptors (Lipinski definition) is 0. The van der Waals surface area contributed by atoms with Crippen molar-refractivity contribution in [3.63, 3.8) is 0 Å². The van der Waals surface area contributed by atoms with Crippen LogP contribution in [0, 0.1) is 0 Å². The Morgan fingerprint density at radius 3 is 1.00 bits per heavy atom. The molecule has 0 aliphatic heterocycles. The van der Waals surface area contributed by atoms with E-state index in [-0.39, 0.29) is 18.1 Å². The molecule has 0 fully saturated rings. The normalized spacial score (nSPS) is 18.0. The van der Waals surface area contributed by atoms with Gasteiger partial charge in [0.05, 0.1) is 0 Å². The van der Waals surface area contributed by atoms with Gasteiger partial charge in [0, 0.05) is 0 Å². The maximum absolute atomic E-state index is 9.23. The Kier molecular flexibility index (Phi) is 15.0. The summed E-state index contributed by atoms with van der Waals surface area (Å²) >= 11 is -5.13. The number of rotatable bonds is 13. The van der Waals surface area contributed by atoms with Gasteiger partial charge in [-0.3, -0.25) is 0 Å². The molecular formula is C58H89Cl2Si5Zr. The molecule has 359 valence electrons. The summed E-state index contributed by atoms with van der Waals surface area (Å²) in [6, 6.07) is 25.6. The molecule has 2 unspecified atom stereocenters. The number of allylic oxidation sites excluding steroid dienone is 2. The first kappa shape index (κ1) is 54.2. The minimum atomic E-state index is -5.13. The van der Waals surface area contributed by atoms with Gasteiger partial charge in [0.25, 0.3) is 0 Å². The van der Waals surface area contributed by atoms with Crippen molar-refractivity contribution in [2.24, 2.45) is 0 Å². The Morgan fingerprint density at radius 1 is 0.485 bits per heavy atom. The molecule has 0 N–H and O–H groups in total. The Balaban J connectivity index is 1.74. The average Bonchev–Trinajstić information content (AvgIpc) is 3.74. The Labute approximate surface area is 418 Å². The fourth-order valence-corrected chi connectivity index (χ4v) is 47.8. The van der Waals surface area contributed by atoms with Crippen LogP contribution in [0.15, 0.2) is 71.8 Å². The monoisotopic (exact) mass is 1090 g/mol. The molecule has 0 saturated heterocycles. The molecule has 0 radical (unpaired) electrons. The van der Waals surface area contributed by atoms with E-state index in [0.717, 1.165) is 25.7 Å². The van der Waals surface area contributed by atoms with Crippen LogP contribution < -0.4 is 20.7 Å². The first-order valence-corrected chi connectivity index (χ1v) is 55.9. The third-order valence-electron chi connectivity index (χ3n) is 15.4. The van der Waals surface area contributed by atoms with E-state index >= 15 is 0 Å². The van der Waals surface area contributed by atoms with Gasteiger partial charge in [0.2, 0.25) is 0 Å². The summed E-state index contributed by atoms with van der Waals surface area (Å²) in [7, 11) is 11.9.